The Morgan fingerprint density at radius 1 is 1.00 bits per heavy atom. The molecular formula is C25H17ClFN3O5. The van der Waals surface area contributed by atoms with Crippen LogP contribution in [0.25, 0.3) is 6.08 Å². The molecule has 1 fully saturated rings. The van der Waals surface area contributed by atoms with Gasteiger partial charge in [-0.3, -0.25) is 19.7 Å². The van der Waals surface area contributed by atoms with Crippen LogP contribution in [-0.4, -0.2) is 30.4 Å². The van der Waals surface area contributed by atoms with Gasteiger partial charge in [0.25, 0.3) is 17.7 Å². The number of urea groups is 1. The second-order valence-electron chi connectivity index (χ2n) is 7.32. The first-order valence-electron chi connectivity index (χ1n) is 10.3. The summed E-state index contributed by atoms with van der Waals surface area (Å²) in [6, 6.07) is 16.9. The molecule has 1 heterocycles. The first-order chi connectivity index (χ1) is 16.8. The Kier molecular flexibility index (Phi) is 6.88. The molecule has 0 bridgehead atoms. The number of ether oxygens (including phenoxy) is 1. The molecule has 0 atom stereocenters. The number of carbonyl (C=O) groups is 4. The summed E-state index contributed by atoms with van der Waals surface area (Å²) >= 11 is 6.01. The van der Waals surface area contributed by atoms with Crippen LogP contribution in [-0.2, 0) is 14.4 Å². The predicted octanol–water partition coefficient (Wildman–Crippen LogP) is 4.16. The van der Waals surface area contributed by atoms with E-state index in [-0.39, 0.29) is 17.9 Å². The van der Waals surface area contributed by atoms with E-state index < -0.39 is 29.6 Å². The normalized spacial score (nSPS) is 14.6. The van der Waals surface area contributed by atoms with Crippen molar-refractivity contribution < 1.29 is 28.3 Å². The van der Waals surface area contributed by atoms with Crippen LogP contribution in [0.15, 0.2) is 78.4 Å². The Bertz CT molecular complexity index is 1340. The van der Waals surface area contributed by atoms with Gasteiger partial charge in [0.05, 0.1) is 16.4 Å². The van der Waals surface area contributed by atoms with Crippen molar-refractivity contribution in [3.8, 4) is 5.75 Å². The van der Waals surface area contributed by atoms with Crippen LogP contribution in [0.5, 0.6) is 5.75 Å². The summed E-state index contributed by atoms with van der Waals surface area (Å²) in [5, 5.41) is 5.14. The Hall–Kier alpha value is -4.50. The molecule has 1 saturated heterocycles. The second kappa shape index (κ2) is 10.2. The van der Waals surface area contributed by atoms with Gasteiger partial charge in [0, 0.05) is 0 Å². The van der Waals surface area contributed by atoms with Crippen molar-refractivity contribution in [1.82, 2.24) is 5.32 Å². The number of anilines is 2. The lowest BCUT2D eigenvalue weighted by Gasteiger charge is -2.26. The molecule has 0 radical (unpaired) electrons. The maximum Gasteiger partial charge on any atom is 0.335 e. The zero-order valence-corrected chi connectivity index (χ0v) is 18.7. The summed E-state index contributed by atoms with van der Waals surface area (Å²) in [5.74, 6) is -2.26. The molecule has 3 aromatic carbocycles. The highest BCUT2D eigenvalue weighted by atomic mass is 35.5. The van der Waals surface area contributed by atoms with Crippen molar-refractivity contribution in [3.05, 3.63) is 94.8 Å². The third-order valence-corrected chi connectivity index (χ3v) is 5.23. The van der Waals surface area contributed by atoms with Gasteiger partial charge in [0.2, 0.25) is 0 Å². The number of hydrogen-bond donors (Lipinski definition) is 2. The Labute approximate surface area is 203 Å². The Morgan fingerprint density at radius 3 is 2.37 bits per heavy atom. The summed E-state index contributed by atoms with van der Waals surface area (Å²) in [6.45, 7) is -0.263. The lowest BCUT2D eigenvalue weighted by atomic mass is 10.1. The molecule has 35 heavy (non-hydrogen) atoms. The second-order valence-corrected chi connectivity index (χ2v) is 7.73. The zero-order chi connectivity index (χ0) is 24.9. The van der Waals surface area contributed by atoms with Gasteiger partial charge >= 0.3 is 6.03 Å². The molecule has 0 aromatic heterocycles. The molecule has 8 nitrogen and oxygen atoms in total. The van der Waals surface area contributed by atoms with E-state index in [4.69, 9.17) is 16.3 Å². The smallest absolute Gasteiger partial charge is 0.335 e. The molecule has 2 N–H and O–H groups in total. The third kappa shape index (κ3) is 5.53. The highest BCUT2D eigenvalue weighted by Crippen LogP contribution is 2.23. The minimum atomic E-state index is -0.928. The van der Waals surface area contributed by atoms with Crippen molar-refractivity contribution in [2.75, 3.05) is 16.8 Å². The van der Waals surface area contributed by atoms with Crippen molar-refractivity contribution in [2.24, 2.45) is 0 Å². The summed E-state index contributed by atoms with van der Waals surface area (Å²) in [7, 11) is 0. The molecule has 0 unspecified atom stereocenters. The number of nitrogens with zero attached hydrogens (tertiary/aromatic N) is 1. The number of para-hydroxylation sites is 1. The maximum atomic E-state index is 13.2. The standard InChI is InChI=1S/C25H17ClFN3O5/c26-20-3-1-2-4-21(20)28-22(31)14-35-18-11-5-15(6-12-18)13-19-23(32)29-25(34)30(24(19)33)17-9-7-16(27)8-10-17/h1-13H,14H2,(H,28,31)(H,29,32,34)/b19-13+. The molecule has 0 spiro atoms. The largest absolute Gasteiger partial charge is 0.484 e. The van der Waals surface area contributed by atoms with Gasteiger partial charge in [-0.1, -0.05) is 35.9 Å². The summed E-state index contributed by atoms with van der Waals surface area (Å²) in [5.41, 5.74) is 0.783. The van der Waals surface area contributed by atoms with E-state index in [2.05, 4.69) is 10.6 Å². The number of rotatable bonds is 6. The third-order valence-electron chi connectivity index (χ3n) is 4.90. The molecule has 3 aromatic rings. The van der Waals surface area contributed by atoms with Crippen LogP contribution in [0, 0.1) is 5.82 Å². The fourth-order valence-electron chi connectivity index (χ4n) is 3.21. The first-order valence-corrected chi connectivity index (χ1v) is 10.6. The number of amides is 5. The summed E-state index contributed by atoms with van der Waals surface area (Å²) < 4.78 is 18.7. The van der Waals surface area contributed by atoms with Crippen molar-refractivity contribution in [1.29, 1.82) is 0 Å². The molecule has 0 saturated carbocycles. The van der Waals surface area contributed by atoms with Crippen LogP contribution in [0.4, 0.5) is 20.6 Å². The number of hydrogen-bond acceptors (Lipinski definition) is 5. The van der Waals surface area contributed by atoms with Gasteiger partial charge < -0.3 is 10.1 Å². The van der Waals surface area contributed by atoms with E-state index in [0.717, 1.165) is 17.0 Å². The Balaban J connectivity index is 1.43. The SMILES string of the molecule is O=C(COc1ccc(/C=C2\C(=O)NC(=O)N(c3ccc(F)cc3)C2=O)cc1)Nc1ccccc1Cl. The summed E-state index contributed by atoms with van der Waals surface area (Å²) in [4.78, 5) is 50.2. The number of nitrogens with one attached hydrogen (secondary N) is 2. The van der Waals surface area contributed by atoms with E-state index in [1.165, 1.54) is 18.2 Å². The number of benzene rings is 3. The fraction of sp³-hybridized carbons (Fsp3) is 0.0400. The lowest BCUT2D eigenvalue weighted by molar-refractivity contribution is -0.122. The van der Waals surface area contributed by atoms with E-state index in [1.54, 1.807) is 48.5 Å². The van der Waals surface area contributed by atoms with E-state index in [0.29, 0.717) is 22.0 Å². The van der Waals surface area contributed by atoms with E-state index in [1.807, 2.05) is 0 Å². The lowest BCUT2D eigenvalue weighted by Crippen LogP contribution is -2.54. The van der Waals surface area contributed by atoms with Crippen LogP contribution in [0.1, 0.15) is 5.56 Å². The van der Waals surface area contributed by atoms with Crippen LogP contribution in [0.2, 0.25) is 5.02 Å². The molecule has 176 valence electrons. The van der Waals surface area contributed by atoms with Gasteiger partial charge in [0.1, 0.15) is 17.1 Å². The number of carbonyl (C=O) groups excluding carboxylic acids is 4. The highest BCUT2D eigenvalue weighted by Gasteiger charge is 2.36. The van der Waals surface area contributed by atoms with Crippen molar-refractivity contribution in [2.45, 2.75) is 0 Å². The van der Waals surface area contributed by atoms with Crippen molar-refractivity contribution in [3.63, 3.8) is 0 Å². The highest BCUT2D eigenvalue weighted by molar-refractivity contribution is 6.39. The number of halogens is 2. The number of imide groups is 2. The van der Waals surface area contributed by atoms with Gasteiger partial charge in [-0.15, -0.1) is 0 Å². The topological polar surface area (TPSA) is 105 Å². The van der Waals surface area contributed by atoms with Gasteiger partial charge in [-0.25, -0.2) is 14.1 Å². The van der Waals surface area contributed by atoms with Crippen LogP contribution in [0.3, 0.4) is 0 Å². The van der Waals surface area contributed by atoms with Gasteiger partial charge in [0.15, 0.2) is 6.61 Å². The molecule has 1 aliphatic rings. The zero-order valence-electron chi connectivity index (χ0n) is 18.0. The van der Waals surface area contributed by atoms with Gasteiger partial charge in [-0.2, -0.15) is 0 Å². The minimum Gasteiger partial charge on any atom is -0.484 e. The molecule has 1 aliphatic heterocycles. The molecule has 4 rings (SSSR count). The van der Waals surface area contributed by atoms with Crippen molar-refractivity contribution >= 4 is 52.8 Å². The molecular weight excluding hydrogens is 477 g/mol. The molecule has 5 amide bonds. The molecule has 0 aliphatic carbocycles. The predicted molar refractivity (Wildman–Crippen MR) is 127 cm³/mol. The van der Waals surface area contributed by atoms with Gasteiger partial charge in [-0.05, 0) is 60.2 Å². The van der Waals surface area contributed by atoms with Crippen LogP contribution >= 0.6 is 11.6 Å². The quantitative estimate of drug-likeness (QED) is 0.396. The fourth-order valence-corrected chi connectivity index (χ4v) is 3.39. The first kappa shape index (κ1) is 23.7. The molecule has 10 heteroatoms. The number of barbiturate groups is 1. The average molecular weight is 494 g/mol. The van der Waals surface area contributed by atoms with Crippen LogP contribution < -0.4 is 20.3 Å². The monoisotopic (exact) mass is 493 g/mol. The summed E-state index contributed by atoms with van der Waals surface area (Å²) in [6.07, 6.45) is 1.31. The average Bonchev–Trinajstić information content (AvgIpc) is 2.84. The Morgan fingerprint density at radius 2 is 1.69 bits per heavy atom. The van der Waals surface area contributed by atoms with E-state index >= 15 is 0 Å². The minimum absolute atomic E-state index is 0.117. The van der Waals surface area contributed by atoms with E-state index in [9.17, 15) is 23.6 Å². The maximum absolute atomic E-state index is 13.2.